The fourth-order valence-electron chi connectivity index (χ4n) is 3.67. The molecule has 2 heterocycles. The van der Waals surface area contributed by atoms with Crippen molar-refractivity contribution in [3.63, 3.8) is 0 Å². The Balaban J connectivity index is 1.75. The molecule has 2 aromatic carbocycles. The standard InChI is InChI=1S/C23H23NO4S2/c1-14(2)15-4-6-16(7-5-15)19-12-21(25)24-22-20(13-29-23(19)22)30(26,27)18-10-8-17(28-3)9-11-18/h4-11,13-14,19H,12H2,1-3H3,(H,24,25). The number of hydrogen-bond donors (Lipinski definition) is 1. The van der Waals surface area contributed by atoms with Gasteiger partial charge in [-0.2, -0.15) is 0 Å². The van der Waals surface area contributed by atoms with Gasteiger partial charge in [0.1, 0.15) is 10.6 Å². The molecule has 1 amide bonds. The Bertz CT molecular complexity index is 1180. The molecule has 0 fully saturated rings. The van der Waals surface area contributed by atoms with Crippen LogP contribution in [-0.2, 0) is 14.6 Å². The predicted molar refractivity (Wildman–Crippen MR) is 118 cm³/mol. The summed E-state index contributed by atoms with van der Waals surface area (Å²) in [6, 6.07) is 14.5. The molecule has 1 atom stereocenters. The quantitative estimate of drug-likeness (QED) is 0.592. The van der Waals surface area contributed by atoms with Gasteiger partial charge >= 0.3 is 0 Å². The average Bonchev–Trinajstić information content (AvgIpc) is 3.17. The van der Waals surface area contributed by atoms with Gasteiger partial charge in [0.2, 0.25) is 15.7 Å². The molecule has 7 heteroatoms. The van der Waals surface area contributed by atoms with Crippen LogP contribution in [0.1, 0.15) is 48.1 Å². The van der Waals surface area contributed by atoms with Crippen molar-refractivity contribution in [2.75, 3.05) is 12.4 Å². The highest BCUT2D eigenvalue weighted by atomic mass is 32.2. The van der Waals surface area contributed by atoms with Crippen molar-refractivity contribution in [1.29, 1.82) is 0 Å². The number of amides is 1. The van der Waals surface area contributed by atoms with E-state index in [-0.39, 0.29) is 21.6 Å². The zero-order chi connectivity index (χ0) is 21.5. The molecule has 0 aliphatic carbocycles. The maximum Gasteiger partial charge on any atom is 0.225 e. The summed E-state index contributed by atoms with van der Waals surface area (Å²) >= 11 is 1.38. The summed E-state index contributed by atoms with van der Waals surface area (Å²) in [5.41, 5.74) is 2.66. The third-order valence-electron chi connectivity index (χ3n) is 5.42. The fourth-order valence-corrected chi connectivity index (χ4v) is 6.57. The van der Waals surface area contributed by atoms with Crippen molar-refractivity contribution in [2.45, 2.75) is 41.9 Å². The molecular formula is C23H23NO4S2. The minimum atomic E-state index is -3.77. The van der Waals surface area contributed by atoms with Gasteiger partial charge in [0.15, 0.2) is 0 Å². The zero-order valence-corrected chi connectivity index (χ0v) is 18.6. The first-order chi connectivity index (χ1) is 14.3. The van der Waals surface area contributed by atoms with Gasteiger partial charge in [0, 0.05) is 22.6 Å². The van der Waals surface area contributed by atoms with E-state index in [1.54, 1.807) is 17.5 Å². The van der Waals surface area contributed by atoms with E-state index in [1.165, 1.54) is 36.1 Å². The lowest BCUT2D eigenvalue weighted by Crippen LogP contribution is -2.23. The Morgan fingerprint density at radius 2 is 1.73 bits per heavy atom. The minimum absolute atomic E-state index is 0.143. The van der Waals surface area contributed by atoms with Crippen molar-refractivity contribution < 1.29 is 17.9 Å². The third kappa shape index (κ3) is 3.63. The predicted octanol–water partition coefficient (Wildman–Crippen LogP) is 5.19. The molecule has 0 saturated carbocycles. The lowest BCUT2D eigenvalue weighted by molar-refractivity contribution is -0.116. The molecule has 5 nitrogen and oxygen atoms in total. The average molecular weight is 442 g/mol. The van der Waals surface area contributed by atoms with Crippen LogP contribution < -0.4 is 10.1 Å². The lowest BCUT2D eigenvalue weighted by Gasteiger charge is -2.24. The number of anilines is 1. The van der Waals surface area contributed by atoms with Gasteiger partial charge in [-0.05, 0) is 41.3 Å². The molecule has 4 rings (SSSR count). The van der Waals surface area contributed by atoms with Crippen LogP contribution in [0, 0.1) is 0 Å². The molecule has 1 aromatic heterocycles. The molecule has 0 radical (unpaired) electrons. The molecule has 156 valence electrons. The Hall–Kier alpha value is -2.64. The second kappa shape index (κ2) is 7.89. The van der Waals surface area contributed by atoms with Gasteiger partial charge in [0.25, 0.3) is 0 Å². The summed E-state index contributed by atoms with van der Waals surface area (Å²) < 4.78 is 31.6. The largest absolute Gasteiger partial charge is 0.497 e. The van der Waals surface area contributed by atoms with Gasteiger partial charge in [-0.25, -0.2) is 8.42 Å². The number of ether oxygens (including phenoxy) is 1. The van der Waals surface area contributed by atoms with Gasteiger partial charge in [-0.15, -0.1) is 11.3 Å². The molecular weight excluding hydrogens is 418 g/mol. The summed E-state index contributed by atoms with van der Waals surface area (Å²) in [6.45, 7) is 4.27. The zero-order valence-electron chi connectivity index (χ0n) is 17.0. The van der Waals surface area contributed by atoms with E-state index >= 15 is 0 Å². The Morgan fingerprint density at radius 1 is 1.07 bits per heavy atom. The normalized spacial score (nSPS) is 16.3. The number of carbonyl (C=O) groups excluding carboxylic acids is 1. The topological polar surface area (TPSA) is 72.5 Å². The van der Waals surface area contributed by atoms with Crippen LogP contribution in [0.4, 0.5) is 5.69 Å². The van der Waals surface area contributed by atoms with Gasteiger partial charge < -0.3 is 10.1 Å². The van der Waals surface area contributed by atoms with Crippen LogP contribution in [0.15, 0.2) is 63.7 Å². The van der Waals surface area contributed by atoms with Gasteiger partial charge in [-0.3, -0.25) is 4.79 Å². The molecule has 0 saturated heterocycles. The van der Waals surface area contributed by atoms with Crippen LogP contribution >= 0.6 is 11.3 Å². The number of hydrogen-bond acceptors (Lipinski definition) is 5. The number of rotatable bonds is 5. The van der Waals surface area contributed by atoms with Crippen molar-refractivity contribution in [2.24, 2.45) is 0 Å². The molecule has 0 bridgehead atoms. The summed E-state index contributed by atoms with van der Waals surface area (Å²) in [5.74, 6) is 0.677. The van der Waals surface area contributed by atoms with Crippen LogP contribution in [-0.4, -0.2) is 21.4 Å². The van der Waals surface area contributed by atoms with E-state index in [4.69, 9.17) is 4.74 Å². The first kappa shape index (κ1) is 20.6. The van der Waals surface area contributed by atoms with E-state index in [0.29, 0.717) is 23.8 Å². The maximum atomic E-state index is 13.3. The maximum absolute atomic E-state index is 13.3. The minimum Gasteiger partial charge on any atom is -0.497 e. The Morgan fingerprint density at radius 3 is 2.33 bits per heavy atom. The number of sulfone groups is 1. The fraction of sp³-hybridized carbons (Fsp3) is 0.261. The van der Waals surface area contributed by atoms with Crippen LogP contribution in [0.5, 0.6) is 5.75 Å². The van der Waals surface area contributed by atoms with Gasteiger partial charge in [-0.1, -0.05) is 38.1 Å². The second-order valence-electron chi connectivity index (χ2n) is 7.64. The van der Waals surface area contributed by atoms with Crippen LogP contribution in [0.3, 0.4) is 0 Å². The summed E-state index contributed by atoms with van der Waals surface area (Å²) in [7, 11) is -2.24. The highest BCUT2D eigenvalue weighted by Gasteiger charge is 2.34. The Labute approximate surface area is 180 Å². The first-order valence-electron chi connectivity index (χ1n) is 9.71. The lowest BCUT2D eigenvalue weighted by atomic mass is 9.89. The number of nitrogens with one attached hydrogen (secondary N) is 1. The van der Waals surface area contributed by atoms with Crippen LogP contribution in [0.25, 0.3) is 0 Å². The highest BCUT2D eigenvalue weighted by molar-refractivity contribution is 7.91. The molecule has 1 unspecified atom stereocenters. The van der Waals surface area contributed by atoms with Crippen molar-refractivity contribution in [1.82, 2.24) is 0 Å². The summed E-state index contributed by atoms with van der Waals surface area (Å²) in [6.07, 6.45) is 0.302. The number of carbonyl (C=O) groups is 1. The molecule has 1 aliphatic heterocycles. The van der Waals surface area contributed by atoms with E-state index in [0.717, 1.165) is 10.4 Å². The molecule has 30 heavy (non-hydrogen) atoms. The molecule has 1 aliphatic rings. The van der Waals surface area contributed by atoms with E-state index < -0.39 is 9.84 Å². The first-order valence-corrected chi connectivity index (χ1v) is 12.1. The summed E-state index contributed by atoms with van der Waals surface area (Å²) in [4.78, 5) is 13.6. The number of thiophene rings is 1. The molecule has 3 aromatic rings. The monoisotopic (exact) mass is 441 g/mol. The highest BCUT2D eigenvalue weighted by Crippen LogP contribution is 2.46. The van der Waals surface area contributed by atoms with E-state index in [1.807, 2.05) is 12.1 Å². The second-order valence-corrected chi connectivity index (χ2v) is 10.5. The molecule has 1 N–H and O–H groups in total. The van der Waals surface area contributed by atoms with Gasteiger partial charge in [0.05, 0.1) is 17.7 Å². The smallest absolute Gasteiger partial charge is 0.225 e. The van der Waals surface area contributed by atoms with E-state index in [2.05, 4.69) is 31.3 Å². The number of benzene rings is 2. The Kier molecular flexibility index (Phi) is 5.42. The van der Waals surface area contributed by atoms with E-state index in [9.17, 15) is 13.2 Å². The van der Waals surface area contributed by atoms with Crippen molar-refractivity contribution >= 4 is 32.8 Å². The van der Waals surface area contributed by atoms with Crippen LogP contribution in [0.2, 0.25) is 0 Å². The molecule has 0 spiro atoms. The number of fused-ring (bicyclic) bond motifs is 1. The third-order valence-corrected chi connectivity index (χ3v) is 8.46. The SMILES string of the molecule is COc1ccc(S(=O)(=O)c2csc3c2NC(=O)CC3c2ccc(C(C)C)cc2)cc1. The summed E-state index contributed by atoms with van der Waals surface area (Å²) in [5, 5.41) is 4.43. The van der Waals surface area contributed by atoms with Crippen molar-refractivity contribution in [3.8, 4) is 5.75 Å². The number of methoxy groups -OCH3 is 1. The van der Waals surface area contributed by atoms with Crippen molar-refractivity contribution in [3.05, 3.63) is 69.9 Å².